The van der Waals surface area contributed by atoms with Gasteiger partial charge < -0.3 is 4.57 Å². The number of aryl methyl sites for hydroxylation is 2. The molecule has 1 fully saturated rings. The van der Waals surface area contributed by atoms with Crippen LogP contribution in [0.3, 0.4) is 0 Å². The molecule has 3 aromatic rings. The number of benzene rings is 2. The van der Waals surface area contributed by atoms with Crippen molar-refractivity contribution in [3.05, 3.63) is 70.8 Å². The summed E-state index contributed by atoms with van der Waals surface area (Å²) in [7, 11) is 2.01. The van der Waals surface area contributed by atoms with Crippen molar-refractivity contribution in [2.75, 3.05) is 4.90 Å². The summed E-state index contributed by atoms with van der Waals surface area (Å²) in [5, 5.41) is 1.13. The van der Waals surface area contributed by atoms with Gasteiger partial charge in [0.25, 0.3) is 5.91 Å². The van der Waals surface area contributed by atoms with Gasteiger partial charge in [-0.15, -0.1) is 0 Å². The van der Waals surface area contributed by atoms with Gasteiger partial charge in [0.2, 0.25) is 0 Å². The van der Waals surface area contributed by atoms with Gasteiger partial charge >= 0.3 is 0 Å². The first-order valence-electron chi connectivity index (χ1n) is 7.94. The van der Waals surface area contributed by atoms with Crippen LogP contribution in [0, 0.1) is 6.92 Å². The second-order valence-electron chi connectivity index (χ2n) is 6.02. The van der Waals surface area contributed by atoms with Crippen molar-refractivity contribution in [2.45, 2.75) is 6.92 Å². The van der Waals surface area contributed by atoms with Crippen LogP contribution in [0.15, 0.2) is 59.6 Å². The maximum atomic E-state index is 13.0. The van der Waals surface area contributed by atoms with E-state index in [-0.39, 0.29) is 5.91 Å². The number of rotatable bonds is 2. The van der Waals surface area contributed by atoms with Gasteiger partial charge in [-0.25, -0.2) is 0 Å². The standard InChI is InChI=1S/C20H16N2OS2/c1-13-7-3-5-9-16(13)22-19(23)18(25-20(22)24)11-14-12-21(2)17-10-6-4-8-15(14)17/h3-12H,1-2H3. The molecule has 0 N–H and O–H groups in total. The molecule has 0 saturated carbocycles. The van der Waals surface area contributed by atoms with Crippen LogP contribution in [0.25, 0.3) is 17.0 Å². The second-order valence-corrected chi connectivity index (χ2v) is 7.69. The lowest BCUT2D eigenvalue weighted by molar-refractivity contribution is -0.113. The highest BCUT2D eigenvalue weighted by Gasteiger charge is 2.34. The van der Waals surface area contributed by atoms with E-state index in [1.165, 1.54) is 11.8 Å². The van der Waals surface area contributed by atoms with Gasteiger partial charge in [0.15, 0.2) is 4.32 Å². The number of aromatic nitrogens is 1. The van der Waals surface area contributed by atoms with Crippen molar-refractivity contribution in [1.29, 1.82) is 0 Å². The van der Waals surface area contributed by atoms with Crippen LogP contribution in [0.2, 0.25) is 0 Å². The minimum atomic E-state index is -0.0581. The van der Waals surface area contributed by atoms with Crippen LogP contribution in [-0.4, -0.2) is 14.8 Å². The minimum Gasteiger partial charge on any atom is -0.350 e. The molecule has 5 heteroatoms. The zero-order valence-electron chi connectivity index (χ0n) is 13.9. The Bertz CT molecular complexity index is 1050. The van der Waals surface area contributed by atoms with Crippen molar-refractivity contribution in [2.24, 2.45) is 7.05 Å². The number of thiocarbonyl (C=S) groups is 1. The van der Waals surface area contributed by atoms with Crippen LogP contribution < -0.4 is 4.90 Å². The van der Waals surface area contributed by atoms with E-state index in [9.17, 15) is 4.79 Å². The number of thioether (sulfide) groups is 1. The number of fused-ring (bicyclic) bond motifs is 1. The summed E-state index contributed by atoms with van der Waals surface area (Å²) < 4.78 is 2.65. The first kappa shape index (κ1) is 16.1. The molecule has 2 aromatic carbocycles. The molecule has 1 saturated heterocycles. The SMILES string of the molecule is Cc1ccccc1N1C(=O)C(=Cc2cn(C)c3ccccc23)SC1=S. The molecule has 0 atom stereocenters. The van der Waals surface area contributed by atoms with Crippen LogP contribution in [-0.2, 0) is 11.8 Å². The maximum absolute atomic E-state index is 13.0. The molecule has 0 bridgehead atoms. The van der Waals surface area contributed by atoms with Gasteiger partial charge in [-0.3, -0.25) is 9.69 Å². The van der Waals surface area contributed by atoms with Crippen molar-refractivity contribution in [3.8, 4) is 0 Å². The fourth-order valence-corrected chi connectivity index (χ4v) is 4.39. The lowest BCUT2D eigenvalue weighted by Gasteiger charge is -2.16. The largest absolute Gasteiger partial charge is 0.350 e. The lowest BCUT2D eigenvalue weighted by Crippen LogP contribution is -2.28. The molecule has 0 aliphatic carbocycles. The Morgan fingerprint density at radius 3 is 2.60 bits per heavy atom. The summed E-state index contributed by atoms with van der Waals surface area (Å²) in [5.74, 6) is -0.0581. The van der Waals surface area contributed by atoms with Gasteiger partial charge in [0.05, 0.1) is 10.6 Å². The molecule has 1 aliphatic rings. The first-order chi connectivity index (χ1) is 12.1. The topological polar surface area (TPSA) is 25.2 Å². The van der Waals surface area contributed by atoms with Crippen molar-refractivity contribution in [1.82, 2.24) is 4.57 Å². The Morgan fingerprint density at radius 2 is 1.80 bits per heavy atom. The smallest absolute Gasteiger partial charge is 0.270 e. The van der Waals surface area contributed by atoms with Crippen molar-refractivity contribution >= 4 is 56.9 Å². The molecule has 0 radical (unpaired) electrons. The third kappa shape index (κ3) is 2.69. The summed E-state index contributed by atoms with van der Waals surface area (Å²) in [6, 6.07) is 16.0. The molecule has 0 unspecified atom stereocenters. The second kappa shape index (κ2) is 6.17. The van der Waals surface area contributed by atoms with Gasteiger partial charge in [-0.2, -0.15) is 0 Å². The van der Waals surface area contributed by atoms with Crippen molar-refractivity contribution in [3.63, 3.8) is 0 Å². The molecule has 0 spiro atoms. The van der Waals surface area contributed by atoms with E-state index in [0.29, 0.717) is 9.23 Å². The summed E-state index contributed by atoms with van der Waals surface area (Å²) in [6.45, 7) is 1.99. The summed E-state index contributed by atoms with van der Waals surface area (Å²) >= 11 is 6.83. The van der Waals surface area contributed by atoms with Gasteiger partial charge in [0.1, 0.15) is 0 Å². The average Bonchev–Trinajstić information content (AvgIpc) is 3.06. The highest BCUT2D eigenvalue weighted by molar-refractivity contribution is 8.27. The molecular formula is C20H16N2OS2. The molecule has 124 valence electrons. The van der Waals surface area contributed by atoms with Crippen LogP contribution in [0.4, 0.5) is 5.69 Å². The van der Waals surface area contributed by atoms with E-state index in [4.69, 9.17) is 12.2 Å². The predicted octanol–water partition coefficient (Wildman–Crippen LogP) is 4.89. The van der Waals surface area contributed by atoms with Gasteiger partial charge in [-0.05, 0) is 30.7 Å². The normalized spacial score (nSPS) is 16.4. The Morgan fingerprint density at radius 1 is 1.08 bits per heavy atom. The van der Waals surface area contributed by atoms with Crippen molar-refractivity contribution < 1.29 is 4.79 Å². The minimum absolute atomic E-state index is 0.0581. The number of hydrogen-bond donors (Lipinski definition) is 0. The molecule has 1 aliphatic heterocycles. The Labute approximate surface area is 155 Å². The molecule has 2 heterocycles. The fourth-order valence-electron chi connectivity index (χ4n) is 3.12. The number of nitrogens with zero attached hydrogens (tertiary/aromatic N) is 2. The number of para-hydroxylation sites is 2. The molecular weight excluding hydrogens is 348 g/mol. The van der Waals surface area contributed by atoms with E-state index < -0.39 is 0 Å². The lowest BCUT2D eigenvalue weighted by atomic mass is 10.1. The molecule has 25 heavy (non-hydrogen) atoms. The van der Waals surface area contributed by atoms with E-state index in [2.05, 4.69) is 16.7 Å². The molecule has 3 nitrogen and oxygen atoms in total. The molecule has 1 amide bonds. The predicted molar refractivity (Wildman–Crippen MR) is 110 cm³/mol. The summed E-state index contributed by atoms with van der Waals surface area (Å²) in [5.41, 5.74) is 4.06. The number of anilines is 1. The summed E-state index contributed by atoms with van der Waals surface area (Å²) in [6.07, 6.45) is 3.99. The van der Waals surface area contributed by atoms with E-state index in [0.717, 1.165) is 27.7 Å². The van der Waals surface area contributed by atoms with E-state index in [1.807, 2.05) is 62.6 Å². The fraction of sp³-hybridized carbons (Fsp3) is 0.100. The zero-order valence-corrected chi connectivity index (χ0v) is 15.5. The zero-order chi connectivity index (χ0) is 17.6. The third-order valence-corrected chi connectivity index (χ3v) is 5.67. The van der Waals surface area contributed by atoms with Crippen LogP contribution in [0.1, 0.15) is 11.1 Å². The molecule has 1 aromatic heterocycles. The number of carbonyl (C=O) groups is 1. The van der Waals surface area contributed by atoms with Crippen LogP contribution in [0.5, 0.6) is 0 Å². The van der Waals surface area contributed by atoms with Gasteiger partial charge in [-0.1, -0.05) is 60.4 Å². The maximum Gasteiger partial charge on any atom is 0.270 e. The monoisotopic (exact) mass is 364 g/mol. The summed E-state index contributed by atoms with van der Waals surface area (Å²) in [4.78, 5) is 15.2. The number of amides is 1. The van der Waals surface area contributed by atoms with Crippen LogP contribution >= 0.6 is 24.0 Å². The number of carbonyl (C=O) groups excluding carboxylic acids is 1. The highest BCUT2D eigenvalue weighted by atomic mass is 32.2. The molecule has 4 rings (SSSR count). The van der Waals surface area contributed by atoms with E-state index in [1.54, 1.807) is 4.90 Å². The first-order valence-corrected chi connectivity index (χ1v) is 9.16. The Kier molecular flexibility index (Phi) is 3.98. The van der Waals surface area contributed by atoms with Gasteiger partial charge in [0, 0.05) is 29.7 Å². The highest BCUT2D eigenvalue weighted by Crippen LogP contribution is 2.38. The van der Waals surface area contributed by atoms with E-state index >= 15 is 0 Å². The Balaban J connectivity index is 1.77. The Hall–Kier alpha value is -2.37. The number of hydrogen-bond acceptors (Lipinski definition) is 3. The quantitative estimate of drug-likeness (QED) is 0.478. The average molecular weight is 364 g/mol. The third-order valence-electron chi connectivity index (χ3n) is 4.36.